The molecule has 4 heteroatoms. The first kappa shape index (κ1) is 7.49. The number of hydrogen-bond donors (Lipinski definition) is 0. The maximum Gasteiger partial charge on any atom is 0.173 e. The van der Waals surface area contributed by atoms with Crippen LogP contribution in [0.4, 0.5) is 0 Å². The minimum absolute atomic E-state index is 0.724. The van der Waals surface area contributed by atoms with Crippen molar-refractivity contribution in [1.29, 1.82) is 0 Å². The van der Waals surface area contributed by atoms with Gasteiger partial charge in [0.1, 0.15) is 5.75 Å². The Balaban J connectivity index is 2.65. The van der Waals surface area contributed by atoms with Crippen molar-refractivity contribution in [2.45, 2.75) is 4.90 Å². The van der Waals surface area contributed by atoms with E-state index in [1.165, 1.54) is 0 Å². The molecule has 0 aromatic heterocycles. The third kappa shape index (κ3) is 0.956. The lowest BCUT2D eigenvalue weighted by Crippen LogP contribution is -1.91. The molecule has 1 aliphatic rings. The average molecular weight is 181 g/mol. The SMILES string of the molecule is COc1cccc2c1C=NS2=O. The Morgan fingerprint density at radius 1 is 1.50 bits per heavy atom. The van der Waals surface area contributed by atoms with Crippen LogP contribution in [0.25, 0.3) is 0 Å². The predicted molar refractivity (Wildman–Crippen MR) is 47.0 cm³/mol. The minimum atomic E-state index is -1.22. The van der Waals surface area contributed by atoms with Gasteiger partial charge in [-0.3, -0.25) is 0 Å². The number of benzene rings is 1. The Labute approximate surface area is 72.7 Å². The molecule has 0 bridgehead atoms. The molecule has 62 valence electrons. The lowest BCUT2D eigenvalue weighted by molar-refractivity contribution is 0.413. The van der Waals surface area contributed by atoms with E-state index >= 15 is 0 Å². The van der Waals surface area contributed by atoms with Gasteiger partial charge in [0, 0.05) is 0 Å². The predicted octanol–water partition coefficient (Wildman–Crippen LogP) is 1.15. The molecule has 0 saturated carbocycles. The van der Waals surface area contributed by atoms with Gasteiger partial charge in [-0.2, -0.15) is 4.40 Å². The van der Waals surface area contributed by atoms with E-state index in [-0.39, 0.29) is 0 Å². The fourth-order valence-corrected chi connectivity index (χ4v) is 1.99. The van der Waals surface area contributed by atoms with Gasteiger partial charge in [0.2, 0.25) is 0 Å². The van der Waals surface area contributed by atoms with Gasteiger partial charge in [0.05, 0.1) is 23.8 Å². The largest absolute Gasteiger partial charge is 0.496 e. The second-order valence-electron chi connectivity index (χ2n) is 2.36. The summed E-state index contributed by atoms with van der Waals surface area (Å²) >= 11 is 0. The van der Waals surface area contributed by atoms with Crippen LogP contribution in [0.1, 0.15) is 5.56 Å². The first-order chi connectivity index (χ1) is 5.83. The zero-order valence-electron chi connectivity index (χ0n) is 6.48. The number of methoxy groups -OCH3 is 1. The van der Waals surface area contributed by atoms with Crippen molar-refractivity contribution in [2.24, 2.45) is 4.40 Å². The van der Waals surface area contributed by atoms with Crippen molar-refractivity contribution in [3.63, 3.8) is 0 Å². The molecule has 0 saturated heterocycles. The van der Waals surface area contributed by atoms with Crippen LogP contribution < -0.4 is 4.74 Å². The molecule has 0 fully saturated rings. The highest BCUT2D eigenvalue weighted by Crippen LogP contribution is 2.27. The van der Waals surface area contributed by atoms with Crippen LogP contribution in [0, 0.1) is 0 Å². The summed E-state index contributed by atoms with van der Waals surface area (Å²) in [6, 6.07) is 5.43. The van der Waals surface area contributed by atoms with Gasteiger partial charge in [-0.25, -0.2) is 4.21 Å². The summed E-state index contributed by atoms with van der Waals surface area (Å²) in [5.74, 6) is 0.724. The fourth-order valence-electron chi connectivity index (χ4n) is 1.14. The van der Waals surface area contributed by atoms with E-state index in [4.69, 9.17) is 4.74 Å². The lowest BCUT2D eigenvalue weighted by Gasteiger charge is -2.02. The van der Waals surface area contributed by atoms with E-state index in [1.54, 1.807) is 19.4 Å². The summed E-state index contributed by atoms with van der Waals surface area (Å²) in [5, 5.41) is 0. The summed E-state index contributed by atoms with van der Waals surface area (Å²) in [6.07, 6.45) is 1.59. The maximum atomic E-state index is 11.2. The van der Waals surface area contributed by atoms with E-state index in [1.807, 2.05) is 12.1 Å². The van der Waals surface area contributed by atoms with Crippen molar-refractivity contribution in [1.82, 2.24) is 0 Å². The van der Waals surface area contributed by atoms with Crippen LogP contribution in [0.3, 0.4) is 0 Å². The first-order valence-electron chi connectivity index (χ1n) is 3.46. The van der Waals surface area contributed by atoms with Gasteiger partial charge in [-0.1, -0.05) is 6.07 Å². The molecule has 1 aromatic rings. The van der Waals surface area contributed by atoms with E-state index in [2.05, 4.69) is 4.40 Å². The van der Waals surface area contributed by atoms with Crippen molar-refractivity contribution in [3.05, 3.63) is 23.8 Å². The van der Waals surface area contributed by atoms with Gasteiger partial charge < -0.3 is 4.74 Å². The smallest absolute Gasteiger partial charge is 0.173 e. The van der Waals surface area contributed by atoms with Gasteiger partial charge in [0.25, 0.3) is 0 Å². The van der Waals surface area contributed by atoms with Gasteiger partial charge in [-0.05, 0) is 12.1 Å². The van der Waals surface area contributed by atoms with Crippen LogP contribution in [0.15, 0.2) is 27.5 Å². The molecule has 0 radical (unpaired) electrons. The molecule has 0 amide bonds. The van der Waals surface area contributed by atoms with E-state index in [0.29, 0.717) is 0 Å². The summed E-state index contributed by atoms with van der Waals surface area (Å²) in [5.41, 5.74) is 0.832. The Bertz CT molecular complexity index is 373. The van der Waals surface area contributed by atoms with E-state index in [0.717, 1.165) is 16.2 Å². The normalized spacial score (nSPS) is 19.2. The highest BCUT2D eigenvalue weighted by molar-refractivity contribution is 7.84. The standard InChI is InChI=1S/C8H7NO2S/c1-11-7-3-2-4-8-6(7)5-9-12(8)10/h2-5H,1H3. The molecule has 0 aliphatic carbocycles. The zero-order chi connectivity index (χ0) is 8.55. The number of fused-ring (bicyclic) bond motifs is 1. The first-order valence-corrected chi connectivity index (χ1v) is 4.56. The topological polar surface area (TPSA) is 38.7 Å². The van der Waals surface area contributed by atoms with Crippen LogP contribution >= 0.6 is 0 Å². The number of ether oxygens (including phenoxy) is 1. The van der Waals surface area contributed by atoms with Gasteiger partial charge in [-0.15, -0.1) is 0 Å². The third-order valence-corrected chi connectivity index (χ3v) is 2.74. The molecule has 3 nitrogen and oxygen atoms in total. The quantitative estimate of drug-likeness (QED) is 0.652. The lowest BCUT2D eigenvalue weighted by atomic mass is 10.2. The van der Waals surface area contributed by atoms with Gasteiger partial charge >= 0.3 is 0 Å². The highest BCUT2D eigenvalue weighted by atomic mass is 32.2. The summed E-state index contributed by atoms with van der Waals surface area (Å²) in [4.78, 5) is 0.731. The Morgan fingerprint density at radius 3 is 3.08 bits per heavy atom. The molecule has 1 unspecified atom stereocenters. The van der Waals surface area contributed by atoms with Crippen molar-refractivity contribution < 1.29 is 8.95 Å². The second-order valence-corrected chi connectivity index (χ2v) is 3.50. The third-order valence-electron chi connectivity index (χ3n) is 1.71. The highest BCUT2D eigenvalue weighted by Gasteiger charge is 2.16. The fraction of sp³-hybridized carbons (Fsp3) is 0.125. The number of rotatable bonds is 1. The minimum Gasteiger partial charge on any atom is -0.496 e. The molecule has 1 heterocycles. The number of hydrogen-bond acceptors (Lipinski definition) is 2. The van der Waals surface area contributed by atoms with Crippen LogP contribution in [-0.4, -0.2) is 17.5 Å². The molecule has 1 aromatic carbocycles. The molecule has 12 heavy (non-hydrogen) atoms. The van der Waals surface area contributed by atoms with Crippen LogP contribution in [0.5, 0.6) is 5.75 Å². The van der Waals surface area contributed by atoms with Crippen LogP contribution in [0.2, 0.25) is 0 Å². The second kappa shape index (κ2) is 2.71. The molecule has 0 N–H and O–H groups in total. The summed E-state index contributed by atoms with van der Waals surface area (Å²) in [7, 11) is 0.368. The maximum absolute atomic E-state index is 11.2. The number of nitrogens with zero attached hydrogens (tertiary/aromatic N) is 1. The van der Waals surface area contributed by atoms with E-state index in [9.17, 15) is 4.21 Å². The Kier molecular flexibility index (Phi) is 1.69. The van der Waals surface area contributed by atoms with Crippen molar-refractivity contribution in [2.75, 3.05) is 7.11 Å². The Hall–Kier alpha value is -1.16. The molecule has 0 spiro atoms. The zero-order valence-corrected chi connectivity index (χ0v) is 7.30. The van der Waals surface area contributed by atoms with Crippen LogP contribution in [-0.2, 0) is 11.0 Å². The molecule has 1 aliphatic heterocycles. The average Bonchev–Trinajstić information content (AvgIpc) is 2.48. The molecule has 2 rings (SSSR count). The monoisotopic (exact) mass is 181 g/mol. The van der Waals surface area contributed by atoms with Crippen molar-refractivity contribution in [3.8, 4) is 5.75 Å². The van der Waals surface area contributed by atoms with Crippen molar-refractivity contribution >= 4 is 17.2 Å². The molecular weight excluding hydrogens is 174 g/mol. The van der Waals surface area contributed by atoms with Gasteiger partial charge in [0.15, 0.2) is 11.0 Å². The molecule has 1 atom stereocenters. The Morgan fingerprint density at radius 2 is 2.33 bits per heavy atom. The molecular formula is C8H7NO2S. The van der Waals surface area contributed by atoms with E-state index < -0.39 is 11.0 Å². The summed E-state index contributed by atoms with van der Waals surface area (Å²) in [6.45, 7) is 0. The summed E-state index contributed by atoms with van der Waals surface area (Å²) < 4.78 is 20.1.